The highest BCUT2D eigenvalue weighted by Gasteiger charge is 2.32. The first-order valence-corrected chi connectivity index (χ1v) is 16.6. The third-order valence-corrected chi connectivity index (χ3v) is 8.47. The summed E-state index contributed by atoms with van der Waals surface area (Å²) in [7, 11) is 5.12. The minimum absolute atomic E-state index is 0.000606. The SMILES string of the molecule is CNCCC[C@H](NC(=O)[C@@H]1Cc2cc(ccc2O)-c2ccc(O)c(c2)C[C@H](NC)C(=O)N[C@@H](CCCNC)C(=O)N1)C(=O)NCC(O)CO. The molecule has 1 aliphatic rings. The third-order valence-electron chi connectivity index (χ3n) is 8.47. The van der Waals surface area contributed by atoms with Gasteiger partial charge in [0.15, 0.2) is 0 Å². The minimum atomic E-state index is -1.28. The number of phenols is 2. The van der Waals surface area contributed by atoms with Crippen LogP contribution in [0.4, 0.5) is 0 Å². The van der Waals surface area contributed by atoms with Crippen LogP contribution in [0.5, 0.6) is 11.5 Å². The number of aliphatic hydroxyl groups excluding tert-OH is 2. The lowest BCUT2D eigenvalue weighted by Gasteiger charge is -2.27. The molecule has 5 atom stereocenters. The van der Waals surface area contributed by atoms with E-state index in [4.69, 9.17) is 5.11 Å². The van der Waals surface area contributed by atoms with Crippen LogP contribution in [-0.2, 0) is 32.0 Å². The van der Waals surface area contributed by atoms with Gasteiger partial charge in [0.25, 0.3) is 0 Å². The highest BCUT2D eigenvalue weighted by atomic mass is 16.3. The number of hydrogen-bond donors (Lipinski definition) is 11. The molecule has 3 rings (SSSR count). The average molecular weight is 686 g/mol. The lowest BCUT2D eigenvalue weighted by molar-refractivity contribution is -0.134. The molecule has 0 saturated heterocycles. The summed E-state index contributed by atoms with van der Waals surface area (Å²) >= 11 is 0. The molecule has 1 unspecified atom stereocenters. The number of nitrogens with one attached hydrogen (secondary N) is 7. The van der Waals surface area contributed by atoms with Crippen molar-refractivity contribution in [2.45, 2.75) is 68.8 Å². The van der Waals surface area contributed by atoms with Crippen molar-refractivity contribution in [1.29, 1.82) is 0 Å². The summed E-state index contributed by atoms with van der Waals surface area (Å²) in [6.07, 6.45) is 0.284. The van der Waals surface area contributed by atoms with E-state index >= 15 is 0 Å². The van der Waals surface area contributed by atoms with E-state index in [-0.39, 0.29) is 43.7 Å². The Balaban J connectivity index is 2.05. The van der Waals surface area contributed by atoms with Gasteiger partial charge in [-0.05, 0) is 106 Å². The van der Waals surface area contributed by atoms with Gasteiger partial charge in [0, 0.05) is 19.4 Å². The topological polar surface area (TPSA) is 233 Å². The predicted molar refractivity (Wildman–Crippen MR) is 184 cm³/mol. The van der Waals surface area contributed by atoms with Crippen molar-refractivity contribution in [1.82, 2.24) is 37.2 Å². The molecule has 0 aromatic heterocycles. The van der Waals surface area contributed by atoms with Crippen LogP contribution in [0.25, 0.3) is 11.1 Å². The fraction of sp³-hybridized carbons (Fsp3) is 0.529. The first kappa shape index (κ1) is 39.2. The van der Waals surface area contributed by atoms with E-state index in [2.05, 4.69) is 37.2 Å². The van der Waals surface area contributed by atoms with Gasteiger partial charge in [0.05, 0.1) is 18.8 Å². The average Bonchev–Trinajstić information content (AvgIpc) is 3.09. The van der Waals surface area contributed by atoms with Crippen LogP contribution in [0.1, 0.15) is 36.8 Å². The van der Waals surface area contributed by atoms with Crippen LogP contribution in [-0.4, -0.2) is 122 Å². The number of benzene rings is 2. The van der Waals surface area contributed by atoms with Gasteiger partial charge >= 0.3 is 0 Å². The Kier molecular flexibility index (Phi) is 15.7. The minimum Gasteiger partial charge on any atom is -0.508 e. The van der Waals surface area contributed by atoms with E-state index in [1.807, 2.05) is 0 Å². The lowest BCUT2D eigenvalue weighted by Crippen LogP contribution is -2.58. The van der Waals surface area contributed by atoms with Crippen LogP contribution >= 0.6 is 0 Å². The zero-order valence-electron chi connectivity index (χ0n) is 28.3. The van der Waals surface area contributed by atoms with Crippen molar-refractivity contribution in [3.8, 4) is 22.6 Å². The Morgan fingerprint density at radius 1 is 0.878 bits per heavy atom. The molecule has 0 fully saturated rings. The number of likely N-dealkylation sites (N-methyl/N-ethyl adjacent to an activating group) is 1. The number of amides is 4. The molecule has 1 heterocycles. The summed E-state index contributed by atoms with van der Waals surface area (Å²) in [5.74, 6) is -2.50. The summed E-state index contributed by atoms with van der Waals surface area (Å²) in [4.78, 5) is 54.5. The van der Waals surface area contributed by atoms with E-state index in [1.54, 1.807) is 45.4 Å². The second-order valence-corrected chi connectivity index (χ2v) is 12.2. The summed E-state index contributed by atoms with van der Waals surface area (Å²) in [6.45, 7) is 0.338. The highest BCUT2D eigenvalue weighted by Crippen LogP contribution is 2.31. The fourth-order valence-electron chi connectivity index (χ4n) is 5.56. The Bertz CT molecular complexity index is 1420. The van der Waals surface area contributed by atoms with Gasteiger partial charge < -0.3 is 57.6 Å². The zero-order valence-corrected chi connectivity index (χ0v) is 28.3. The van der Waals surface area contributed by atoms with Crippen LogP contribution in [0, 0.1) is 0 Å². The van der Waals surface area contributed by atoms with Gasteiger partial charge in [-0.3, -0.25) is 19.2 Å². The first-order valence-electron chi connectivity index (χ1n) is 16.6. The standard InChI is InChI=1S/C34H51N7O8/c1-35-12-4-6-25(31(46)38-18-24(43)19-42)39-34(49)28-17-23-15-21(9-11-30(23)45)20-8-10-29(44)22(14-20)16-27(37-3)33(48)40-26(32(47)41-28)7-5-13-36-2/h8-11,14-15,24-28,35-37,42-45H,4-7,12-13,16-19H2,1-3H3,(H,38,46)(H,39,49)(H,40,48)(H,41,47)/t24?,25-,26-,27-,28-/m0/s1. The van der Waals surface area contributed by atoms with Crippen molar-refractivity contribution in [2.24, 2.45) is 0 Å². The van der Waals surface area contributed by atoms with Crippen molar-refractivity contribution in [2.75, 3.05) is 47.4 Å². The summed E-state index contributed by atoms with van der Waals surface area (Å²) in [5, 5.41) is 60.2. The van der Waals surface area contributed by atoms with Crippen LogP contribution in [0.2, 0.25) is 0 Å². The number of carbonyl (C=O) groups excluding carboxylic acids is 4. The number of aliphatic hydroxyl groups is 2. The lowest BCUT2D eigenvalue weighted by atomic mass is 9.95. The van der Waals surface area contributed by atoms with E-state index in [9.17, 15) is 34.5 Å². The molecule has 270 valence electrons. The summed E-state index contributed by atoms with van der Waals surface area (Å²) in [6, 6.07) is 5.68. The maximum atomic E-state index is 14.0. The predicted octanol–water partition coefficient (Wildman–Crippen LogP) is -1.63. The number of rotatable bonds is 15. The molecule has 4 amide bonds. The van der Waals surface area contributed by atoms with Gasteiger partial charge in [0.1, 0.15) is 29.6 Å². The highest BCUT2D eigenvalue weighted by molar-refractivity contribution is 5.95. The van der Waals surface area contributed by atoms with Crippen molar-refractivity contribution in [3.05, 3.63) is 47.5 Å². The quantitative estimate of drug-likeness (QED) is 0.0954. The molecule has 0 radical (unpaired) electrons. The number of aromatic hydroxyl groups is 2. The Labute approximate surface area is 286 Å². The Morgan fingerprint density at radius 3 is 2.08 bits per heavy atom. The first-order chi connectivity index (χ1) is 23.5. The number of fused-ring (bicyclic) bond motifs is 5. The molecular weight excluding hydrogens is 634 g/mol. The normalized spacial score (nSPS) is 19.4. The van der Waals surface area contributed by atoms with Crippen molar-refractivity contribution >= 4 is 23.6 Å². The van der Waals surface area contributed by atoms with Gasteiger partial charge in [-0.2, -0.15) is 0 Å². The van der Waals surface area contributed by atoms with E-state index in [1.165, 1.54) is 12.1 Å². The Hall–Kier alpha value is -4.28. The number of carbonyl (C=O) groups is 4. The maximum Gasteiger partial charge on any atom is 0.243 e. The molecule has 11 N–H and O–H groups in total. The van der Waals surface area contributed by atoms with Gasteiger partial charge in [0.2, 0.25) is 23.6 Å². The van der Waals surface area contributed by atoms with E-state index in [0.29, 0.717) is 48.2 Å². The van der Waals surface area contributed by atoms with E-state index < -0.39 is 60.5 Å². The van der Waals surface area contributed by atoms with Gasteiger partial charge in [-0.1, -0.05) is 12.1 Å². The molecular formula is C34H51N7O8. The number of hydrogen-bond acceptors (Lipinski definition) is 11. The summed E-state index contributed by atoms with van der Waals surface area (Å²) < 4.78 is 0. The molecule has 0 aliphatic carbocycles. The van der Waals surface area contributed by atoms with Crippen molar-refractivity contribution < 1.29 is 39.6 Å². The maximum absolute atomic E-state index is 14.0. The molecule has 0 spiro atoms. The third kappa shape index (κ3) is 11.7. The smallest absolute Gasteiger partial charge is 0.243 e. The molecule has 2 aromatic carbocycles. The second-order valence-electron chi connectivity index (χ2n) is 12.2. The molecule has 15 nitrogen and oxygen atoms in total. The van der Waals surface area contributed by atoms with Crippen molar-refractivity contribution in [3.63, 3.8) is 0 Å². The van der Waals surface area contributed by atoms with Gasteiger partial charge in [-0.15, -0.1) is 0 Å². The second kappa shape index (κ2) is 19.7. The molecule has 4 bridgehead atoms. The molecule has 2 aromatic rings. The fourth-order valence-corrected chi connectivity index (χ4v) is 5.56. The molecule has 1 aliphatic heterocycles. The van der Waals surface area contributed by atoms with Gasteiger partial charge in [-0.25, -0.2) is 0 Å². The van der Waals surface area contributed by atoms with Crippen LogP contribution in [0.3, 0.4) is 0 Å². The summed E-state index contributed by atoms with van der Waals surface area (Å²) in [5.41, 5.74) is 2.20. The molecule has 0 saturated carbocycles. The molecule has 49 heavy (non-hydrogen) atoms. The van der Waals surface area contributed by atoms with Crippen LogP contribution in [0.15, 0.2) is 36.4 Å². The molecule has 15 heteroatoms. The number of phenolic OH excluding ortho intramolecular Hbond substituents is 2. The zero-order chi connectivity index (χ0) is 35.9. The monoisotopic (exact) mass is 685 g/mol. The largest absolute Gasteiger partial charge is 0.508 e. The van der Waals surface area contributed by atoms with Crippen LogP contribution < -0.4 is 37.2 Å². The van der Waals surface area contributed by atoms with E-state index in [0.717, 1.165) is 0 Å². The Morgan fingerprint density at radius 2 is 1.49 bits per heavy atom.